The lowest BCUT2D eigenvalue weighted by atomic mass is 10.1. The first-order chi connectivity index (χ1) is 14.7. The molecule has 0 bridgehead atoms. The summed E-state index contributed by atoms with van der Waals surface area (Å²) < 4.78 is 42.2. The summed E-state index contributed by atoms with van der Waals surface area (Å²) in [4.78, 5) is 32.8. The lowest BCUT2D eigenvalue weighted by Crippen LogP contribution is -2.55. The van der Waals surface area contributed by atoms with E-state index in [1.165, 1.54) is 11.1 Å². The highest BCUT2D eigenvalue weighted by Gasteiger charge is 2.39. The number of piperazine rings is 1. The van der Waals surface area contributed by atoms with E-state index in [4.69, 9.17) is 11.6 Å². The molecular weight excluding hydrogens is 433 g/mol. The van der Waals surface area contributed by atoms with Crippen LogP contribution in [0.2, 0.25) is 5.15 Å². The van der Waals surface area contributed by atoms with E-state index < -0.39 is 17.6 Å². The van der Waals surface area contributed by atoms with Crippen LogP contribution in [0.3, 0.4) is 0 Å². The molecule has 31 heavy (non-hydrogen) atoms. The maximum absolute atomic E-state index is 13.7. The number of aromatic nitrogens is 2. The van der Waals surface area contributed by atoms with Crippen molar-refractivity contribution in [2.24, 2.45) is 0 Å². The standard InChI is InChI=1S/C21H22ClF3N4O2/c22-18-17(20(31)27-7-8-28(16(30)11-27)14-3-1-2-4-14)26-19-15(21(23,24)25)9-13(10-29(18)19)12-5-6-12/h9-10,12,14H,1-8,11H2. The van der Waals surface area contributed by atoms with E-state index in [1.807, 2.05) is 4.90 Å². The van der Waals surface area contributed by atoms with Crippen molar-refractivity contribution in [1.82, 2.24) is 19.2 Å². The Morgan fingerprint density at radius 2 is 1.84 bits per heavy atom. The van der Waals surface area contributed by atoms with Crippen molar-refractivity contribution in [2.45, 2.75) is 56.7 Å². The summed E-state index contributed by atoms with van der Waals surface area (Å²) in [5.74, 6) is -0.683. The number of alkyl halides is 3. The molecule has 0 spiro atoms. The Kier molecular flexibility index (Phi) is 4.91. The van der Waals surface area contributed by atoms with Crippen molar-refractivity contribution in [3.05, 3.63) is 34.2 Å². The topological polar surface area (TPSA) is 57.9 Å². The minimum Gasteiger partial charge on any atom is -0.336 e. The first kappa shape index (κ1) is 20.6. The molecule has 3 fully saturated rings. The first-order valence-electron chi connectivity index (χ1n) is 10.6. The largest absolute Gasteiger partial charge is 0.419 e. The van der Waals surface area contributed by atoms with E-state index in [-0.39, 0.29) is 40.9 Å². The minimum atomic E-state index is -4.62. The molecule has 3 heterocycles. The van der Waals surface area contributed by atoms with Gasteiger partial charge in [-0.05, 0) is 43.2 Å². The molecule has 0 unspecified atom stereocenters. The van der Waals surface area contributed by atoms with E-state index in [2.05, 4.69) is 4.98 Å². The Hall–Kier alpha value is -2.29. The molecule has 166 valence electrons. The van der Waals surface area contributed by atoms with Gasteiger partial charge < -0.3 is 9.80 Å². The quantitative estimate of drug-likeness (QED) is 0.701. The van der Waals surface area contributed by atoms with Gasteiger partial charge in [-0.25, -0.2) is 4.98 Å². The Bertz CT molecular complexity index is 1060. The van der Waals surface area contributed by atoms with Gasteiger partial charge in [0.25, 0.3) is 5.91 Å². The van der Waals surface area contributed by atoms with E-state index in [0.29, 0.717) is 18.7 Å². The lowest BCUT2D eigenvalue weighted by Gasteiger charge is -2.37. The summed E-state index contributed by atoms with van der Waals surface area (Å²) in [6.07, 6.45) is 2.71. The van der Waals surface area contributed by atoms with Gasteiger partial charge in [0.05, 0.1) is 5.56 Å². The zero-order valence-corrected chi connectivity index (χ0v) is 17.5. The number of carbonyl (C=O) groups excluding carboxylic acids is 2. The zero-order chi connectivity index (χ0) is 21.9. The third kappa shape index (κ3) is 3.66. The van der Waals surface area contributed by atoms with E-state index in [9.17, 15) is 22.8 Å². The van der Waals surface area contributed by atoms with E-state index in [1.54, 1.807) is 0 Å². The number of rotatable bonds is 3. The maximum atomic E-state index is 13.7. The lowest BCUT2D eigenvalue weighted by molar-refractivity contribution is -0.137. The van der Waals surface area contributed by atoms with Gasteiger partial charge in [0.1, 0.15) is 11.7 Å². The molecule has 2 aliphatic carbocycles. The van der Waals surface area contributed by atoms with E-state index >= 15 is 0 Å². The Morgan fingerprint density at radius 1 is 1.13 bits per heavy atom. The Morgan fingerprint density at radius 3 is 2.45 bits per heavy atom. The normalized spacial score (nSPS) is 20.8. The van der Waals surface area contributed by atoms with Gasteiger partial charge in [0.15, 0.2) is 11.3 Å². The zero-order valence-electron chi connectivity index (χ0n) is 16.8. The second kappa shape index (κ2) is 7.39. The molecule has 6 nitrogen and oxygen atoms in total. The number of imidazole rings is 1. The number of hydrogen-bond donors (Lipinski definition) is 0. The van der Waals surface area contributed by atoms with Crippen LogP contribution in [-0.4, -0.2) is 56.7 Å². The van der Waals surface area contributed by atoms with Gasteiger partial charge in [-0.3, -0.25) is 14.0 Å². The molecule has 5 rings (SSSR count). The molecule has 0 atom stereocenters. The molecule has 2 amide bonds. The summed E-state index contributed by atoms with van der Waals surface area (Å²) in [5.41, 5.74) is -0.998. The molecule has 2 aromatic rings. The molecule has 3 aliphatic rings. The van der Waals surface area contributed by atoms with Gasteiger partial charge in [-0.15, -0.1) is 0 Å². The van der Waals surface area contributed by atoms with Gasteiger partial charge in [-0.1, -0.05) is 24.4 Å². The molecule has 2 aromatic heterocycles. The predicted molar refractivity (Wildman–Crippen MR) is 107 cm³/mol. The van der Waals surface area contributed by atoms with Crippen molar-refractivity contribution in [1.29, 1.82) is 0 Å². The fourth-order valence-electron chi connectivity index (χ4n) is 4.73. The smallest absolute Gasteiger partial charge is 0.336 e. The predicted octanol–water partition coefficient (Wildman–Crippen LogP) is 4.11. The number of halogens is 4. The number of nitrogens with zero attached hydrogens (tertiary/aromatic N) is 4. The second-order valence-corrected chi connectivity index (χ2v) is 9.01. The van der Waals surface area contributed by atoms with Gasteiger partial charge in [0, 0.05) is 25.3 Å². The summed E-state index contributed by atoms with van der Waals surface area (Å²) in [6, 6.07) is 1.33. The van der Waals surface area contributed by atoms with Crippen LogP contribution >= 0.6 is 11.6 Å². The molecular formula is C21H22ClF3N4O2. The molecule has 1 saturated heterocycles. The van der Waals surface area contributed by atoms with Crippen molar-refractivity contribution < 1.29 is 22.8 Å². The summed E-state index contributed by atoms with van der Waals surface area (Å²) >= 11 is 6.35. The first-order valence-corrected chi connectivity index (χ1v) is 11.0. The maximum Gasteiger partial charge on any atom is 0.419 e. The second-order valence-electron chi connectivity index (χ2n) is 8.66. The summed E-state index contributed by atoms with van der Waals surface area (Å²) in [5, 5.41) is -0.154. The van der Waals surface area contributed by atoms with Crippen LogP contribution in [0.15, 0.2) is 12.3 Å². The number of carbonyl (C=O) groups is 2. The van der Waals surface area contributed by atoms with Crippen molar-refractivity contribution in [3.63, 3.8) is 0 Å². The molecule has 10 heteroatoms. The van der Waals surface area contributed by atoms with Crippen LogP contribution in [0.4, 0.5) is 13.2 Å². The number of fused-ring (bicyclic) bond motifs is 1. The molecule has 0 N–H and O–H groups in total. The van der Waals surface area contributed by atoms with Crippen LogP contribution in [0, 0.1) is 0 Å². The molecule has 1 aliphatic heterocycles. The highest BCUT2D eigenvalue weighted by atomic mass is 35.5. The average Bonchev–Trinajstić information content (AvgIpc) is 3.33. The van der Waals surface area contributed by atoms with Crippen molar-refractivity contribution in [2.75, 3.05) is 19.6 Å². The average molecular weight is 455 g/mol. The van der Waals surface area contributed by atoms with Crippen LogP contribution in [0.1, 0.15) is 66.1 Å². The van der Waals surface area contributed by atoms with Crippen molar-refractivity contribution >= 4 is 29.1 Å². The van der Waals surface area contributed by atoms with Crippen LogP contribution in [0.25, 0.3) is 5.65 Å². The number of pyridine rings is 1. The third-order valence-corrected chi connectivity index (χ3v) is 6.91. The van der Waals surface area contributed by atoms with Crippen LogP contribution < -0.4 is 0 Å². The molecule has 2 saturated carbocycles. The highest BCUT2D eigenvalue weighted by Crippen LogP contribution is 2.43. The SMILES string of the molecule is O=C(c1nc2c(C(F)(F)F)cc(C3CC3)cn2c1Cl)N1CCN(C2CCCC2)C(=O)C1. The third-order valence-electron chi connectivity index (χ3n) is 6.55. The van der Waals surface area contributed by atoms with Crippen LogP contribution in [0.5, 0.6) is 0 Å². The van der Waals surface area contributed by atoms with E-state index in [0.717, 1.165) is 49.0 Å². The fourth-order valence-corrected chi connectivity index (χ4v) is 4.99. The minimum absolute atomic E-state index is 0.0735. The molecule has 0 aromatic carbocycles. The number of hydrogen-bond acceptors (Lipinski definition) is 3. The Labute approximate surface area is 182 Å². The van der Waals surface area contributed by atoms with Crippen LogP contribution in [-0.2, 0) is 11.0 Å². The highest BCUT2D eigenvalue weighted by molar-refractivity contribution is 6.33. The summed E-state index contributed by atoms with van der Waals surface area (Å²) in [6.45, 7) is 0.615. The monoisotopic (exact) mass is 454 g/mol. The van der Waals surface area contributed by atoms with Gasteiger partial charge in [-0.2, -0.15) is 13.2 Å². The number of amides is 2. The molecule has 0 radical (unpaired) electrons. The van der Waals surface area contributed by atoms with Gasteiger partial charge >= 0.3 is 6.18 Å². The van der Waals surface area contributed by atoms with Crippen molar-refractivity contribution in [3.8, 4) is 0 Å². The fraction of sp³-hybridized carbons (Fsp3) is 0.571. The Balaban J connectivity index is 1.45. The summed E-state index contributed by atoms with van der Waals surface area (Å²) in [7, 11) is 0. The van der Waals surface area contributed by atoms with Gasteiger partial charge in [0.2, 0.25) is 5.91 Å².